The minimum atomic E-state index is -0.779. The Labute approximate surface area is 121 Å². The number of carboxylic acids is 1. The van der Waals surface area contributed by atoms with Gasteiger partial charge in [-0.15, -0.1) is 0 Å². The number of carbonyl (C=O) groups is 1. The van der Waals surface area contributed by atoms with Crippen molar-refractivity contribution in [2.24, 2.45) is 0 Å². The molecule has 0 saturated heterocycles. The van der Waals surface area contributed by atoms with Gasteiger partial charge in [-0.2, -0.15) is 5.10 Å². The van der Waals surface area contributed by atoms with Gasteiger partial charge < -0.3 is 5.11 Å². The summed E-state index contributed by atoms with van der Waals surface area (Å²) in [6.07, 6.45) is 6.40. The second kappa shape index (κ2) is 5.70. The third kappa shape index (κ3) is 3.22. The number of nitrogens with zero attached hydrogens (tertiary/aromatic N) is 4. The van der Waals surface area contributed by atoms with Crippen molar-refractivity contribution < 1.29 is 9.90 Å². The first kappa shape index (κ1) is 13.2. The molecule has 0 spiro atoms. The molecule has 0 aliphatic carbocycles. The summed E-state index contributed by atoms with van der Waals surface area (Å²) in [6, 6.07) is 7.93. The van der Waals surface area contributed by atoms with Crippen LogP contribution in [0.1, 0.15) is 23.2 Å². The molecule has 0 aliphatic rings. The zero-order chi connectivity index (χ0) is 14.7. The molecule has 0 atom stereocenters. The molecule has 0 unspecified atom stereocenters. The first-order valence-electron chi connectivity index (χ1n) is 6.64. The lowest BCUT2D eigenvalue weighted by atomic mass is 10.0. The van der Waals surface area contributed by atoms with Gasteiger partial charge in [0.05, 0.1) is 18.1 Å². The van der Waals surface area contributed by atoms with Crippen LogP contribution in [-0.2, 0) is 17.6 Å². The van der Waals surface area contributed by atoms with E-state index >= 15 is 0 Å². The van der Waals surface area contributed by atoms with Crippen LogP contribution in [0, 0.1) is 0 Å². The highest BCUT2D eigenvalue weighted by molar-refractivity contribution is 5.67. The summed E-state index contributed by atoms with van der Waals surface area (Å²) in [5.41, 5.74) is 3.74. The van der Waals surface area contributed by atoms with Gasteiger partial charge in [-0.25, -0.2) is 9.50 Å². The first-order chi connectivity index (χ1) is 10.2. The van der Waals surface area contributed by atoms with E-state index in [1.807, 2.05) is 30.5 Å². The Morgan fingerprint density at radius 2 is 2.10 bits per heavy atom. The third-order valence-corrected chi connectivity index (χ3v) is 3.22. The Morgan fingerprint density at radius 3 is 2.95 bits per heavy atom. The molecule has 1 aromatic carbocycles. The van der Waals surface area contributed by atoms with E-state index in [9.17, 15) is 4.79 Å². The summed E-state index contributed by atoms with van der Waals surface area (Å²) in [7, 11) is 0. The maximum absolute atomic E-state index is 10.6. The average Bonchev–Trinajstić information content (AvgIpc) is 2.93. The number of aryl methyl sites for hydroxylation is 1. The zero-order valence-corrected chi connectivity index (χ0v) is 11.3. The standard InChI is InChI=1S/C15H14N4O2/c20-15(21)5-4-11-2-1-3-12(6-11)7-13-9-19-14(8-16-13)17-10-18-19/h1-3,6,8-10H,4-5,7H2,(H,20,21). The molecule has 0 bridgehead atoms. The lowest BCUT2D eigenvalue weighted by Crippen LogP contribution is -2.00. The van der Waals surface area contributed by atoms with Gasteiger partial charge in [0.15, 0.2) is 5.65 Å². The van der Waals surface area contributed by atoms with E-state index in [2.05, 4.69) is 15.1 Å². The Balaban J connectivity index is 1.77. The molecular weight excluding hydrogens is 268 g/mol. The van der Waals surface area contributed by atoms with Crippen LogP contribution in [0.4, 0.5) is 0 Å². The highest BCUT2D eigenvalue weighted by Crippen LogP contribution is 2.12. The van der Waals surface area contributed by atoms with E-state index < -0.39 is 5.97 Å². The Kier molecular flexibility index (Phi) is 3.59. The number of aliphatic carboxylic acids is 1. The Morgan fingerprint density at radius 1 is 1.24 bits per heavy atom. The summed E-state index contributed by atoms with van der Waals surface area (Å²) >= 11 is 0. The molecular formula is C15H14N4O2. The summed E-state index contributed by atoms with van der Waals surface area (Å²) in [4.78, 5) is 19.0. The number of carboxylic acid groups (broad SMARTS) is 1. The lowest BCUT2D eigenvalue weighted by molar-refractivity contribution is -0.136. The van der Waals surface area contributed by atoms with Gasteiger partial charge in [0.1, 0.15) is 6.33 Å². The van der Waals surface area contributed by atoms with E-state index in [1.165, 1.54) is 6.33 Å². The molecule has 21 heavy (non-hydrogen) atoms. The van der Waals surface area contributed by atoms with Gasteiger partial charge in [-0.3, -0.25) is 9.78 Å². The van der Waals surface area contributed by atoms with Crippen LogP contribution in [0.3, 0.4) is 0 Å². The predicted molar refractivity (Wildman–Crippen MR) is 76.0 cm³/mol. The van der Waals surface area contributed by atoms with Gasteiger partial charge in [-0.05, 0) is 17.5 Å². The fourth-order valence-corrected chi connectivity index (χ4v) is 2.21. The molecule has 106 valence electrons. The smallest absolute Gasteiger partial charge is 0.303 e. The summed E-state index contributed by atoms with van der Waals surface area (Å²) in [5.74, 6) is -0.779. The van der Waals surface area contributed by atoms with E-state index in [0.717, 1.165) is 16.8 Å². The molecule has 6 heteroatoms. The van der Waals surface area contributed by atoms with Gasteiger partial charge in [0.2, 0.25) is 0 Å². The first-order valence-corrected chi connectivity index (χ1v) is 6.64. The maximum atomic E-state index is 10.6. The normalized spacial score (nSPS) is 10.9. The van der Waals surface area contributed by atoms with Crippen molar-refractivity contribution in [1.29, 1.82) is 0 Å². The Hall–Kier alpha value is -2.76. The molecule has 0 amide bonds. The largest absolute Gasteiger partial charge is 0.481 e. The molecule has 3 aromatic rings. The summed E-state index contributed by atoms with van der Waals surface area (Å²) < 4.78 is 1.69. The molecule has 6 nitrogen and oxygen atoms in total. The second-order valence-electron chi connectivity index (χ2n) is 4.83. The van der Waals surface area contributed by atoms with Crippen molar-refractivity contribution in [2.45, 2.75) is 19.3 Å². The van der Waals surface area contributed by atoms with Crippen molar-refractivity contribution in [3.8, 4) is 0 Å². The molecule has 2 aromatic heterocycles. The summed E-state index contributed by atoms with van der Waals surface area (Å²) in [6.45, 7) is 0. The molecule has 0 fully saturated rings. The van der Waals surface area contributed by atoms with Crippen molar-refractivity contribution >= 4 is 11.6 Å². The minimum absolute atomic E-state index is 0.145. The van der Waals surface area contributed by atoms with Crippen LogP contribution in [0.15, 0.2) is 43.0 Å². The van der Waals surface area contributed by atoms with Crippen LogP contribution in [-0.4, -0.2) is 30.7 Å². The van der Waals surface area contributed by atoms with E-state index in [1.54, 1.807) is 10.7 Å². The molecule has 2 heterocycles. The number of hydrogen-bond donors (Lipinski definition) is 1. The fourth-order valence-electron chi connectivity index (χ4n) is 2.21. The predicted octanol–water partition coefficient (Wildman–Crippen LogP) is 1.73. The van der Waals surface area contributed by atoms with Crippen molar-refractivity contribution in [3.63, 3.8) is 0 Å². The monoisotopic (exact) mass is 282 g/mol. The van der Waals surface area contributed by atoms with Crippen LogP contribution in [0.5, 0.6) is 0 Å². The van der Waals surface area contributed by atoms with E-state index in [0.29, 0.717) is 18.5 Å². The molecule has 0 aliphatic heterocycles. The third-order valence-electron chi connectivity index (χ3n) is 3.22. The topological polar surface area (TPSA) is 80.4 Å². The van der Waals surface area contributed by atoms with Crippen molar-refractivity contribution in [3.05, 3.63) is 59.8 Å². The highest BCUT2D eigenvalue weighted by Gasteiger charge is 2.04. The summed E-state index contributed by atoms with van der Waals surface area (Å²) in [5, 5.41) is 12.8. The zero-order valence-electron chi connectivity index (χ0n) is 11.3. The Bertz CT molecular complexity index is 782. The number of benzene rings is 1. The number of fused-ring (bicyclic) bond motifs is 1. The quantitative estimate of drug-likeness (QED) is 0.771. The lowest BCUT2D eigenvalue weighted by Gasteiger charge is -2.05. The van der Waals surface area contributed by atoms with Gasteiger partial charge in [-0.1, -0.05) is 24.3 Å². The fraction of sp³-hybridized carbons (Fsp3) is 0.200. The van der Waals surface area contributed by atoms with Crippen LogP contribution >= 0.6 is 0 Å². The van der Waals surface area contributed by atoms with Crippen molar-refractivity contribution in [2.75, 3.05) is 0 Å². The highest BCUT2D eigenvalue weighted by atomic mass is 16.4. The van der Waals surface area contributed by atoms with Crippen LogP contribution in [0.25, 0.3) is 5.65 Å². The van der Waals surface area contributed by atoms with Gasteiger partial charge in [0, 0.05) is 12.8 Å². The van der Waals surface area contributed by atoms with E-state index in [-0.39, 0.29) is 6.42 Å². The number of aromatic nitrogens is 4. The van der Waals surface area contributed by atoms with Crippen LogP contribution in [0.2, 0.25) is 0 Å². The van der Waals surface area contributed by atoms with Gasteiger partial charge in [0.25, 0.3) is 0 Å². The van der Waals surface area contributed by atoms with Crippen molar-refractivity contribution in [1.82, 2.24) is 19.6 Å². The molecule has 0 saturated carbocycles. The SMILES string of the molecule is O=C(O)CCc1cccc(Cc2cn3ncnc3cn2)c1. The molecule has 0 radical (unpaired) electrons. The molecule has 1 N–H and O–H groups in total. The second-order valence-corrected chi connectivity index (χ2v) is 4.83. The van der Waals surface area contributed by atoms with E-state index in [4.69, 9.17) is 5.11 Å². The minimum Gasteiger partial charge on any atom is -0.481 e. The number of hydrogen-bond acceptors (Lipinski definition) is 4. The average molecular weight is 282 g/mol. The van der Waals surface area contributed by atoms with Crippen LogP contribution < -0.4 is 0 Å². The number of rotatable bonds is 5. The molecule has 3 rings (SSSR count). The van der Waals surface area contributed by atoms with Gasteiger partial charge >= 0.3 is 5.97 Å². The maximum Gasteiger partial charge on any atom is 0.303 e.